The zero-order valence-electron chi connectivity index (χ0n) is 17.3. The minimum Gasteiger partial charge on any atom is -0.380 e. The molecule has 2 aliphatic heterocycles. The molecule has 0 spiro atoms. The fourth-order valence-corrected chi connectivity index (χ4v) is 5.23. The number of benzene rings is 2. The first-order valence-corrected chi connectivity index (χ1v) is 12.2. The molecule has 0 saturated carbocycles. The Labute approximate surface area is 180 Å². The SMILES string of the molecule is CCS(=N)(=O)c1ccc(N2CCC(F)(F)C2)c(-c2cc3cc(C4COC4)ccc3[nH]2)c1. The van der Waals surface area contributed by atoms with E-state index in [0.717, 1.165) is 29.8 Å². The molecule has 0 bridgehead atoms. The number of hydrogen-bond acceptors (Lipinski definition) is 4. The van der Waals surface area contributed by atoms with Crippen LogP contribution in [0.5, 0.6) is 0 Å². The van der Waals surface area contributed by atoms with Crippen LogP contribution in [0.4, 0.5) is 14.5 Å². The van der Waals surface area contributed by atoms with E-state index in [9.17, 15) is 13.0 Å². The molecule has 1 unspecified atom stereocenters. The molecule has 1 atom stereocenters. The molecule has 2 aromatic carbocycles. The van der Waals surface area contributed by atoms with Crippen molar-refractivity contribution >= 4 is 26.3 Å². The molecular formula is C23H25F2N3O2S. The van der Waals surface area contributed by atoms with E-state index in [0.29, 0.717) is 22.1 Å². The van der Waals surface area contributed by atoms with Crippen LogP contribution >= 0.6 is 0 Å². The number of fused-ring (bicyclic) bond motifs is 1. The van der Waals surface area contributed by atoms with Gasteiger partial charge in [0.2, 0.25) is 0 Å². The van der Waals surface area contributed by atoms with Crippen LogP contribution in [0.15, 0.2) is 47.4 Å². The molecule has 5 nitrogen and oxygen atoms in total. The Hall–Kier alpha value is -2.45. The number of anilines is 1. The molecule has 5 rings (SSSR count). The Bertz CT molecular complexity index is 1250. The number of aromatic nitrogens is 1. The van der Waals surface area contributed by atoms with Crippen molar-refractivity contribution in [3.63, 3.8) is 0 Å². The number of alkyl halides is 2. The molecule has 1 aromatic heterocycles. The summed E-state index contributed by atoms with van der Waals surface area (Å²) in [4.78, 5) is 5.50. The number of rotatable bonds is 5. The van der Waals surface area contributed by atoms with E-state index >= 15 is 0 Å². The molecule has 2 aliphatic rings. The summed E-state index contributed by atoms with van der Waals surface area (Å²) < 4.78 is 54.1. The first-order valence-electron chi connectivity index (χ1n) is 10.5. The van der Waals surface area contributed by atoms with Gasteiger partial charge in [0.05, 0.1) is 29.5 Å². The summed E-state index contributed by atoms with van der Waals surface area (Å²) in [5.41, 5.74) is 4.32. The quantitative estimate of drug-likeness (QED) is 0.566. The van der Waals surface area contributed by atoms with Gasteiger partial charge in [-0.3, -0.25) is 0 Å². The first kappa shape index (κ1) is 20.5. The van der Waals surface area contributed by atoms with Crippen LogP contribution in [-0.4, -0.2) is 47.2 Å². The maximum absolute atomic E-state index is 13.9. The third-order valence-electron chi connectivity index (χ3n) is 6.31. The summed E-state index contributed by atoms with van der Waals surface area (Å²) in [7, 11) is -2.93. The minimum atomic E-state index is -2.93. The number of hydrogen-bond donors (Lipinski definition) is 2. The van der Waals surface area contributed by atoms with Crippen LogP contribution in [0, 0.1) is 4.78 Å². The summed E-state index contributed by atoms with van der Waals surface area (Å²) in [6.07, 6.45) is -0.183. The normalized spacial score (nSPS) is 20.7. The van der Waals surface area contributed by atoms with Gasteiger partial charge in [0.1, 0.15) is 0 Å². The van der Waals surface area contributed by atoms with Crippen molar-refractivity contribution in [2.24, 2.45) is 0 Å². The molecule has 164 valence electrons. The van der Waals surface area contributed by atoms with E-state index in [2.05, 4.69) is 17.1 Å². The molecular weight excluding hydrogens is 420 g/mol. The Morgan fingerprint density at radius 2 is 2.03 bits per heavy atom. The second-order valence-electron chi connectivity index (χ2n) is 8.43. The number of nitrogens with zero attached hydrogens (tertiary/aromatic N) is 1. The van der Waals surface area contributed by atoms with Crippen molar-refractivity contribution in [2.75, 3.05) is 37.0 Å². The predicted molar refractivity (Wildman–Crippen MR) is 119 cm³/mol. The summed E-state index contributed by atoms with van der Waals surface area (Å²) >= 11 is 0. The second-order valence-corrected chi connectivity index (χ2v) is 10.8. The summed E-state index contributed by atoms with van der Waals surface area (Å²) in [5.74, 6) is -2.11. The van der Waals surface area contributed by atoms with Gasteiger partial charge in [0, 0.05) is 57.4 Å². The largest absolute Gasteiger partial charge is 0.380 e. The fraction of sp³-hybridized carbons (Fsp3) is 0.391. The third-order valence-corrected chi connectivity index (χ3v) is 8.14. The van der Waals surface area contributed by atoms with Gasteiger partial charge in [-0.25, -0.2) is 17.8 Å². The molecule has 31 heavy (non-hydrogen) atoms. The van der Waals surface area contributed by atoms with Crippen molar-refractivity contribution in [3.05, 3.63) is 48.0 Å². The second kappa shape index (κ2) is 7.31. The molecule has 2 fully saturated rings. The highest BCUT2D eigenvalue weighted by molar-refractivity contribution is 7.92. The molecule has 0 radical (unpaired) electrons. The van der Waals surface area contributed by atoms with Crippen molar-refractivity contribution in [3.8, 4) is 11.3 Å². The maximum atomic E-state index is 13.9. The lowest BCUT2D eigenvalue weighted by Gasteiger charge is -2.26. The first-order chi connectivity index (χ1) is 14.8. The van der Waals surface area contributed by atoms with Crippen LogP contribution in [-0.2, 0) is 14.5 Å². The maximum Gasteiger partial charge on any atom is 0.266 e. The Kier molecular flexibility index (Phi) is 4.82. The molecule has 2 N–H and O–H groups in total. The van der Waals surface area contributed by atoms with Crippen LogP contribution in [0.25, 0.3) is 22.2 Å². The average Bonchev–Trinajstić information content (AvgIpc) is 3.28. The summed E-state index contributed by atoms with van der Waals surface area (Å²) in [6.45, 7) is 3.10. The van der Waals surface area contributed by atoms with Gasteiger partial charge in [-0.2, -0.15) is 0 Å². The minimum absolute atomic E-state index is 0.183. The zero-order chi connectivity index (χ0) is 21.8. The number of halogens is 2. The van der Waals surface area contributed by atoms with Gasteiger partial charge < -0.3 is 14.6 Å². The van der Waals surface area contributed by atoms with Gasteiger partial charge in [-0.05, 0) is 42.0 Å². The van der Waals surface area contributed by atoms with E-state index in [1.807, 2.05) is 12.1 Å². The van der Waals surface area contributed by atoms with E-state index in [4.69, 9.17) is 9.52 Å². The Balaban J connectivity index is 1.62. The third kappa shape index (κ3) is 3.72. The lowest BCUT2D eigenvalue weighted by Crippen LogP contribution is -2.25. The van der Waals surface area contributed by atoms with E-state index in [-0.39, 0.29) is 25.3 Å². The number of ether oxygens (including phenoxy) is 1. The highest BCUT2D eigenvalue weighted by Gasteiger charge is 2.39. The highest BCUT2D eigenvalue weighted by Crippen LogP contribution is 2.39. The smallest absolute Gasteiger partial charge is 0.266 e. The Morgan fingerprint density at radius 3 is 2.68 bits per heavy atom. The number of H-pyrrole nitrogens is 1. The van der Waals surface area contributed by atoms with Gasteiger partial charge in [-0.15, -0.1) is 0 Å². The van der Waals surface area contributed by atoms with E-state index < -0.39 is 15.7 Å². The fourth-order valence-electron chi connectivity index (χ4n) is 4.30. The molecule has 0 amide bonds. The molecule has 0 aliphatic carbocycles. The zero-order valence-corrected chi connectivity index (χ0v) is 18.1. The lowest BCUT2D eigenvalue weighted by atomic mass is 9.96. The van der Waals surface area contributed by atoms with Crippen molar-refractivity contribution < 1.29 is 17.7 Å². The topological polar surface area (TPSA) is 69.2 Å². The summed E-state index contributed by atoms with van der Waals surface area (Å²) in [5, 5.41) is 1.03. The standard InChI is InChI=1S/C23H25F2N3O2S/c1-2-31(26,29)18-4-6-22(28-8-7-23(24,25)14-28)19(11-18)21-10-16-9-15(17-12-30-13-17)3-5-20(16)27-21/h3-6,9-11,17,26-27H,2,7-8,12-14H2,1H3. The molecule has 2 saturated heterocycles. The Morgan fingerprint density at radius 1 is 1.23 bits per heavy atom. The van der Waals surface area contributed by atoms with E-state index in [1.165, 1.54) is 5.56 Å². The van der Waals surface area contributed by atoms with Crippen LogP contribution in [0.2, 0.25) is 0 Å². The predicted octanol–water partition coefficient (Wildman–Crippen LogP) is 5.22. The van der Waals surface area contributed by atoms with Crippen LogP contribution in [0.1, 0.15) is 24.8 Å². The lowest BCUT2D eigenvalue weighted by molar-refractivity contribution is 0.00847. The van der Waals surface area contributed by atoms with Crippen molar-refractivity contribution in [1.29, 1.82) is 4.78 Å². The molecule has 3 aromatic rings. The highest BCUT2D eigenvalue weighted by atomic mass is 32.2. The van der Waals surface area contributed by atoms with Gasteiger partial charge in [-0.1, -0.05) is 13.0 Å². The van der Waals surface area contributed by atoms with Crippen molar-refractivity contribution in [1.82, 2.24) is 4.98 Å². The average molecular weight is 446 g/mol. The van der Waals surface area contributed by atoms with Gasteiger partial charge >= 0.3 is 0 Å². The van der Waals surface area contributed by atoms with Gasteiger partial charge in [0.25, 0.3) is 5.92 Å². The molecule has 8 heteroatoms. The number of nitrogens with one attached hydrogen (secondary N) is 2. The number of aromatic amines is 1. The summed E-state index contributed by atoms with van der Waals surface area (Å²) in [6, 6.07) is 13.4. The van der Waals surface area contributed by atoms with Crippen molar-refractivity contribution in [2.45, 2.75) is 30.1 Å². The van der Waals surface area contributed by atoms with Crippen LogP contribution in [0.3, 0.4) is 0 Å². The van der Waals surface area contributed by atoms with Gasteiger partial charge in [0.15, 0.2) is 0 Å². The van der Waals surface area contributed by atoms with E-state index in [1.54, 1.807) is 30.0 Å². The molecule has 3 heterocycles. The van der Waals surface area contributed by atoms with Crippen LogP contribution < -0.4 is 4.90 Å². The monoisotopic (exact) mass is 445 g/mol.